The monoisotopic (exact) mass is 512 g/mol. The van der Waals surface area contributed by atoms with Crippen LogP contribution in [0.1, 0.15) is 11.1 Å². The molecule has 2 rings (SSSR count). The van der Waals surface area contributed by atoms with E-state index in [4.69, 9.17) is 30.6 Å². The molecule has 0 radical (unpaired) electrons. The van der Waals surface area contributed by atoms with Crippen LogP contribution in [-0.2, 0) is 14.4 Å². The van der Waals surface area contributed by atoms with Gasteiger partial charge >= 0.3 is 0 Å². The Morgan fingerprint density at radius 1 is 0.784 bits per heavy atom. The number of nitrogens with one attached hydrogen (secondary N) is 2. The topological polar surface area (TPSA) is 184 Å². The molecule has 12 nitrogen and oxygen atoms in total. The molecule has 12 heteroatoms. The third-order valence-corrected chi connectivity index (χ3v) is 4.59. The van der Waals surface area contributed by atoms with E-state index in [9.17, 15) is 19.5 Å². The van der Waals surface area contributed by atoms with Crippen LogP contribution in [0.15, 0.2) is 60.4 Å². The Bertz CT molecular complexity index is 1210. The molecule has 0 fully saturated rings. The predicted molar refractivity (Wildman–Crippen MR) is 135 cm³/mol. The molecule has 0 aliphatic rings. The van der Waals surface area contributed by atoms with Crippen molar-refractivity contribution >= 4 is 29.7 Å². The molecule has 0 saturated heterocycles. The number of nitrogens with two attached hydrogens (primary N) is 2. The Kier molecular flexibility index (Phi) is 11.2. The first-order valence-corrected chi connectivity index (χ1v) is 10.7. The number of amides is 2. The highest BCUT2D eigenvalue weighted by Crippen LogP contribution is 2.29. The van der Waals surface area contributed by atoms with Crippen LogP contribution in [0.25, 0.3) is 12.2 Å². The van der Waals surface area contributed by atoms with Gasteiger partial charge in [0.25, 0.3) is 11.8 Å². The quantitative estimate of drug-likeness (QED) is 0.0652. The lowest BCUT2D eigenvalue weighted by atomic mass is 10.1. The van der Waals surface area contributed by atoms with Gasteiger partial charge in [0.1, 0.15) is 5.76 Å². The fraction of sp³-hybridized carbons (Fsp3) is 0.160. The number of hydrogen-bond acceptors (Lipinski definition) is 10. The van der Waals surface area contributed by atoms with Crippen molar-refractivity contribution in [2.24, 2.45) is 11.7 Å². The highest BCUT2D eigenvalue weighted by Gasteiger charge is 2.09. The van der Waals surface area contributed by atoms with Crippen LogP contribution >= 0.6 is 0 Å². The molecule has 2 aromatic rings. The Balaban J connectivity index is 2.03. The maximum atomic E-state index is 12.2. The van der Waals surface area contributed by atoms with Crippen LogP contribution in [-0.4, -0.2) is 50.1 Å². The molecule has 2 aromatic carbocycles. The van der Waals surface area contributed by atoms with Gasteiger partial charge in [0.05, 0.1) is 14.2 Å². The van der Waals surface area contributed by atoms with Crippen LogP contribution in [0.4, 0.5) is 0 Å². The Labute approximate surface area is 213 Å². The van der Waals surface area contributed by atoms with Gasteiger partial charge < -0.3 is 24.1 Å². The second-order valence-corrected chi connectivity index (χ2v) is 7.17. The molecule has 0 aliphatic heterocycles. The van der Waals surface area contributed by atoms with Crippen LogP contribution < -0.4 is 41.5 Å². The van der Waals surface area contributed by atoms with Gasteiger partial charge in [-0.1, -0.05) is 24.3 Å². The normalized spacial score (nSPS) is 11.3. The van der Waals surface area contributed by atoms with E-state index in [0.29, 0.717) is 34.1 Å². The standard InChI is InChI=1S/C25H28N4O8/c1-34-22-11-16(5-9-20(22)36-14-24(32)28-26)3-7-18(30)13-19(31)8-4-17-6-10-21(23(12-17)35-2)37-15-25(33)29-27/h3-13,30H,14-15,26-27H2,1-2H3,(H,28,32)(H,29,33)/b7-3+,8-4+,18-13-. The van der Waals surface area contributed by atoms with E-state index in [1.807, 2.05) is 10.9 Å². The van der Waals surface area contributed by atoms with Crippen LogP contribution in [0, 0.1) is 0 Å². The molecular formula is C25H28N4O8. The summed E-state index contributed by atoms with van der Waals surface area (Å²) < 4.78 is 21.2. The van der Waals surface area contributed by atoms with Crippen LogP contribution in [0.5, 0.6) is 23.0 Å². The van der Waals surface area contributed by atoms with E-state index in [1.165, 1.54) is 32.4 Å². The fourth-order valence-electron chi connectivity index (χ4n) is 2.79. The minimum atomic E-state index is -0.503. The first-order valence-electron chi connectivity index (χ1n) is 10.7. The first kappa shape index (κ1) is 28.4. The van der Waals surface area contributed by atoms with E-state index in [0.717, 1.165) is 6.08 Å². The van der Waals surface area contributed by atoms with Crippen molar-refractivity contribution in [2.75, 3.05) is 27.4 Å². The molecular weight excluding hydrogens is 484 g/mol. The lowest BCUT2D eigenvalue weighted by Gasteiger charge is -2.10. The lowest BCUT2D eigenvalue weighted by Crippen LogP contribution is -2.34. The van der Waals surface area contributed by atoms with E-state index in [-0.39, 0.29) is 19.0 Å². The molecule has 0 aromatic heterocycles. The number of rotatable bonds is 13. The largest absolute Gasteiger partial charge is 0.508 e. The summed E-state index contributed by atoms with van der Waals surface area (Å²) in [5.41, 5.74) is 5.19. The summed E-state index contributed by atoms with van der Waals surface area (Å²) in [5.74, 6) is 9.69. The van der Waals surface area contributed by atoms with E-state index < -0.39 is 17.6 Å². The molecule has 0 bridgehead atoms. The smallest absolute Gasteiger partial charge is 0.271 e. The van der Waals surface area contributed by atoms with Crippen molar-refractivity contribution in [2.45, 2.75) is 0 Å². The summed E-state index contributed by atoms with van der Waals surface area (Å²) in [6.45, 7) is -0.560. The summed E-state index contributed by atoms with van der Waals surface area (Å²) in [7, 11) is 2.88. The maximum absolute atomic E-state index is 12.2. The van der Waals surface area contributed by atoms with Crippen molar-refractivity contribution in [3.8, 4) is 23.0 Å². The molecule has 0 spiro atoms. The molecule has 7 N–H and O–H groups in total. The van der Waals surface area contributed by atoms with Gasteiger partial charge in [0.2, 0.25) is 0 Å². The summed E-state index contributed by atoms with van der Waals surface area (Å²) in [6.07, 6.45) is 6.76. The van der Waals surface area contributed by atoms with Crippen LogP contribution in [0.2, 0.25) is 0 Å². The predicted octanol–water partition coefficient (Wildman–Crippen LogP) is 1.18. The number of benzene rings is 2. The number of carbonyl (C=O) groups is 3. The molecule has 196 valence electrons. The highest BCUT2D eigenvalue weighted by atomic mass is 16.5. The zero-order valence-electron chi connectivity index (χ0n) is 20.2. The van der Waals surface area contributed by atoms with Gasteiger partial charge in [-0.25, -0.2) is 11.7 Å². The Hall–Kier alpha value is -4.81. The molecule has 2 amide bonds. The second-order valence-electron chi connectivity index (χ2n) is 7.17. The Morgan fingerprint density at radius 2 is 1.24 bits per heavy atom. The summed E-state index contributed by atoms with van der Waals surface area (Å²) in [6, 6.07) is 9.76. The zero-order valence-corrected chi connectivity index (χ0v) is 20.2. The van der Waals surface area contributed by atoms with Gasteiger partial charge in [-0.3, -0.25) is 25.2 Å². The number of hydrogen-bond donors (Lipinski definition) is 5. The van der Waals surface area contributed by atoms with Crippen molar-refractivity contribution in [3.63, 3.8) is 0 Å². The molecule has 0 atom stereocenters. The lowest BCUT2D eigenvalue weighted by molar-refractivity contribution is -0.123. The first-order chi connectivity index (χ1) is 17.8. The number of ketones is 1. The van der Waals surface area contributed by atoms with Crippen molar-refractivity contribution in [1.29, 1.82) is 0 Å². The molecule has 37 heavy (non-hydrogen) atoms. The zero-order chi connectivity index (χ0) is 27.2. The third-order valence-electron chi connectivity index (χ3n) is 4.59. The number of aliphatic hydroxyl groups excluding tert-OH is 1. The molecule has 0 heterocycles. The Morgan fingerprint density at radius 3 is 1.68 bits per heavy atom. The van der Waals surface area contributed by atoms with Gasteiger partial charge in [-0.05, 0) is 47.5 Å². The van der Waals surface area contributed by atoms with Gasteiger partial charge in [0, 0.05) is 6.08 Å². The summed E-state index contributed by atoms with van der Waals surface area (Å²) >= 11 is 0. The van der Waals surface area contributed by atoms with Crippen molar-refractivity contribution in [3.05, 3.63) is 71.5 Å². The third kappa shape index (κ3) is 9.39. The summed E-state index contributed by atoms with van der Waals surface area (Å²) in [5, 5.41) is 10.1. The minimum absolute atomic E-state index is 0.270. The van der Waals surface area contributed by atoms with Gasteiger partial charge in [0.15, 0.2) is 42.0 Å². The second kappa shape index (κ2) is 14.6. The average Bonchev–Trinajstić information content (AvgIpc) is 2.92. The van der Waals surface area contributed by atoms with Gasteiger partial charge in [-0.2, -0.15) is 0 Å². The van der Waals surface area contributed by atoms with Crippen molar-refractivity contribution < 1.29 is 38.4 Å². The number of ether oxygens (including phenoxy) is 4. The number of aliphatic hydroxyl groups is 1. The average molecular weight is 513 g/mol. The number of hydrazine groups is 2. The van der Waals surface area contributed by atoms with Crippen LogP contribution in [0.3, 0.4) is 0 Å². The van der Waals surface area contributed by atoms with E-state index in [2.05, 4.69) is 0 Å². The fourth-order valence-corrected chi connectivity index (χ4v) is 2.79. The van der Waals surface area contributed by atoms with E-state index >= 15 is 0 Å². The highest BCUT2D eigenvalue weighted by molar-refractivity contribution is 6.02. The summed E-state index contributed by atoms with van der Waals surface area (Å²) in [4.78, 5) is 34.7. The minimum Gasteiger partial charge on any atom is -0.508 e. The number of allylic oxidation sites excluding steroid dienone is 3. The SMILES string of the molecule is COc1cc(/C=C/C(=O)/C=C(O)/C=C/c2ccc(OCC(=O)NN)c(OC)c2)ccc1OCC(=O)NN. The number of methoxy groups -OCH3 is 2. The number of carbonyl (C=O) groups excluding carboxylic acids is 3. The van der Waals surface area contributed by atoms with E-state index in [1.54, 1.807) is 42.5 Å². The maximum Gasteiger partial charge on any atom is 0.271 e. The molecule has 0 aliphatic carbocycles. The molecule has 0 unspecified atom stereocenters. The van der Waals surface area contributed by atoms with Crippen molar-refractivity contribution in [1.82, 2.24) is 10.9 Å². The molecule has 0 saturated carbocycles. The van der Waals surface area contributed by atoms with Gasteiger partial charge in [-0.15, -0.1) is 0 Å².